The second kappa shape index (κ2) is 6.74. The number of nitrogens with zero attached hydrogens (tertiary/aromatic N) is 1. The van der Waals surface area contributed by atoms with Gasteiger partial charge in [0.2, 0.25) is 5.91 Å². The molecule has 0 radical (unpaired) electrons. The third-order valence-electron chi connectivity index (χ3n) is 3.55. The molecule has 126 valence electrons. The molecule has 24 heavy (non-hydrogen) atoms. The third-order valence-corrected chi connectivity index (χ3v) is 5.80. The average molecular weight is 363 g/mol. The van der Waals surface area contributed by atoms with Crippen molar-refractivity contribution in [1.29, 1.82) is 0 Å². The van der Waals surface area contributed by atoms with Crippen LogP contribution in [-0.2, 0) is 21.4 Å². The van der Waals surface area contributed by atoms with Gasteiger partial charge in [-0.05, 0) is 36.1 Å². The second-order valence-electron chi connectivity index (χ2n) is 5.49. The Morgan fingerprint density at radius 2 is 2.17 bits per heavy atom. The predicted octanol–water partition coefficient (Wildman–Crippen LogP) is 2.67. The summed E-state index contributed by atoms with van der Waals surface area (Å²) in [5.41, 5.74) is 1.46. The topological polar surface area (TPSA) is 87.6 Å². The summed E-state index contributed by atoms with van der Waals surface area (Å²) in [6.07, 6.45) is 0.413. The molecule has 0 saturated carbocycles. The van der Waals surface area contributed by atoms with E-state index in [-0.39, 0.29) is 23.6 Å². The normalized spacial score (nSPS) is 15.1. The molecule has 8 heteroatoms. The monoisotopic (exact) mass is 363 g/mol. The molecule has 2 heterocycles. The Morgan fingerprint density at radius 3 is 2.92 bits per heavy atom. The van der Waals surface area contributed by atoms with Gasteiger partial charge >= 0.3 is 0 Å². The van der Waals surface area contributed by atoms with Gasteiger partial charge in [0.25, 0.3) is 10.0 Å². The van der Waals surface area contributed by atoms with Crippen molar-refractivity contribution in [1.82, 2.24) is 5.32 Å². The van der Waals surface area contributed by atoms with E-state index in [0.717, 1.165) is 10.4 Å². The van der Waals surface area contributed by atoms with E-state index in [9.17, 15) is 13.2 Å². The van der Waals surface area contributed by atoms with Crippen molar-refractivity contribution in [3.8, 4) is 0 Å². The van der Waals surface area contributed by atoms with Gasteiger partial charge in [0, 0.05) is 17.7 Å². The first-order chi connectivity index (χ1) is 11.4. The highest BCUT2D eigenvalue weighted by molar-refractivity contribution is 7.90. The average Bonchev–Trinajstić information content (AvgIpc) is 3.03. The van der Waals surface area contributed by atoms with E-state index in [1.54, 1.807) is 29.5 Å². The molecule has 2 aromatic rings. The number of nitrogens with one attached hydrogen (secondary N) is 2. The van der Waals surface area contributed by atoms with Gasteiger partial charge in [-0.15, -0.1) is 15.7 Å². The molecule has 1 amide bonds. The van der Waals surface area contributed by atoms with Crippen LogP contribution < -0.4 is 10.6 Å². The summed E-state index contributed by atoms with van der Waals surface area (Å²) < 4.78 is 28.2. The highest BCUT2D eigenvalue weighted by Crippen LogP contribution is 2.28. The molecule has 0 fully saturated rings. The lowest BCUT2D eigenvalue weighted by atomic mass is 10.2. The molecule has 1 aliphatic heterocycles. The minimum atomic E-state index is -3.71. The number of fused-ring (bicyclic) bond motifs is 1. The number of carbonyl (C=O) groups is 1. The first-order valence-corrected chi connectivity index (χ1v) is 9.76. The van der Waals surface area contributed by atoms with Gasteiger partial charge in [0.1, 0.15) is 10.7 Å². The molecule has 0 spiro atoms. The third kappa shape index (κ3) is 3.82. The van der Waals surface area contributed by atoms with E-state index in [4.69, 9.17) is 0 Å². The Bertz CT molecular complexity index is 887. The zero-order valence-electron chi connectivity index (χ0n) is 13.1. The fourth-order valence-electron chi connectivity index (χ4n) is 2.37. The molecule has 0 bridgehead atoms. The number of anilines is 1. The fraction of sp³-hybridized carbons (Fsp3) is 0.250. The molecule has 2 N–H and O–H groups in total. The molecule has 1 aromatic heterocycles. The van der Waals surface area contributed by atoms with Crippen LogP contribution in [0.3, 0.4) is 0 Å². The number of rotatable bonds is 5. The standard InChI is InChI=1S/C16H17N3O3S2/c1-11-4-5-14-13(9-11)18-15(19-24(14,21)22)6-7-16(20)17-10-12-3-2-8-23-12/h2-5,8-9H,6-7,10H2,1H3,(H,17,20)(H,18,19). The minimum Gasteiger partial charge on any atom is -0.351 e. The Labute approximate surface area is 144 Å². The summed E-state index contributed by atoms with van der Waals surface area (Å²) >= 11 is 1.57. The number of hydrogen-bond donors (Lipinski definition) is 2. The van der Waals surface area contributed by atoms with Crippen LogP contribution in [-0.4, -0.2) is 20.2 Å². The number of amidine groups is 1. The molecule has 3 rings (SSSR count). The Balaban J connectivity index is 1.62. The zero-order valence-corrected chi connectivity index (χ0v) is 14.7. The minimum absolute atomic E-state index is 0.139. The number of sulfonamides is 1. The maximum absolute atomic E-state index is 12.2. The van der Waals surface area contributed by atoms with E-state index in [1.807, 2.05) is 24.4 Å². The van der Waals surface area contributed by atoms with Crippen LogP contribution in [0.4, 0.5) is 5.69 Å². The first-order valence-electron chi connectivity index (χ1n) is 7.45. The number of amides is 1. The van der Waals surface area contributed by atoms with Crippen molar-refractivity contribution in [2.45, 2.75) is 31.2 Å². The van der Waals surface area contributed by atoms with Gasteiger partial charge in [0.15, 0.2) is 0 Å². The summed E-state index contributed by atoms with van der Waals surface area (Å²) in [7, 11) is -3.71. The SMILES string of the molecule is Cc1ccc2c(c1)NC(CCC(=O)NCc1cccs1)=NS2(=O)=O. The largest absolute Gasteiger partial charge is 0.351 e. The van der Waals surface area contributed by atoms with Crippen LogP contribution in [0, 0.1) is 6.92 Å². The van der Waals surface area contributed by atoms with Gasteiger partial charge in [-0.3, -0.25) is 4.79 Å². The van der Waals surface area contributed by atoms with Crippen LogP contribution in [0.15, 0.2) is 45.0 Å². The van der Waals surface area contributed by atoms with Gasteiger partial charge in [0.05, 0.1) is 12.2 Å². The molecular formula is C16H17N3O3S2. The summed E-state index contributed by atoms with van der Waals surface area (Å²) in [4.78, 5) is 13.1. The molecule has 0 saturated heterocycles. The maximum atomic E-state index is 12.2. The molecular weight excluding hydrogens is 346 g/mol. The number of hydrogen-bond acceptors (Lipinski definition) is 5. The van der Waals surface area contributed by atoms with E-state index in [1.165, 1.54) is 0 Å². The Morgan fingerprint density at radius 1 is 1.33 bits per heavy atom. The van der Waals surface area contributed by atoms with Gasteiger partial charge in [-0.2, -0.15) is 8.42 Å². The molecule has 1 aliphatic rings. The van der Waals surface area contributed by atoms with Crippen LogP contribution in [0.2, 0.25) is 0 Å². The Kier molecular flexibility index (Phi) is 4.68. The molecule has 1 aromatic carbocycles. The second-order valence-corrected chi connectivity index (χ2v) is 8.10. The molecule has 0 unspecified atom stereocenters. The maximum Gasteiger partial charge on any atom is 0.286 e. The first kappa shape index (κ1) is 16.7. The number of carbonyl (C=O) groups excluding carboxylic acids is 1. The summed E-state index contributed by atoms with van der Waals surface area (Å²) in [6, 6.07) is 8.91. The lowest BCUT2D eigenvalue weighted by molar-refractivity contribution is -0.121. The molecule has 0 atom stereocenters. The van der Waals surface area contributed by atoms with Crippen molar-refractivity contribution >= 4 is 38.8 Å². The van der Waals surface area contributed by atoms with Crippen LogP contribution >= 0.6 is 11.3 Å². The van der Waals surface area contributed by atoms with Gasteiger partial charge in [-0.1, -0.05) is 12.1 Å². The lowest BCUT2D eigenvalue weighted by Crippen LogP contribution is -2.26. The smallest absolute Gasteiger partial charge is 0.286 e. The van der Waals surface area contributed by atoms with Crippen molar-refractivity contribution in [3.63, 3.8) is 0 Å². The number of thiophene rings is 1. The zero-order chi connectivity index (χ0) is 17.2. The fourth-order valence-corrected chi connectivity index (χ4v) is 4.16. The van der Waals surface area contributed by atoms with E-state index in [0.29, 0.717) is 18.1 Å². The van der Waals surface area contributed by atoms with Gasteiger partial charge < -0.3 is 10.6 Å². The summed E-state index contributed by atoms with van der Waals surface area (Å²) in [6.45, 7) is 2.37. The van der Waals surface area contributed by atoms with Crippen molar-refractivity contribution < 1.29 is 13.2 Å². The molecule has 0 aliphatic carbocycles. The van der Waals surface area contributed by atoms with E-state index < -0.39 is 10.0 Å². The van der Waals surface area contributed by atoms with Crippen molar-refractivity contribution in [2.75, 3.05) is 5.32 Å². The summed E-state index contributed by atoms with van der Waals surface area (Å²) in [5.74, 6) is 0.153. The predicted molar refractivity (Wildman–Crippen MR) is 94.8 cm³/mol. The van der Waals surface area contributed by atoms with E-state index in [2.05, 4.69) is 15.0 Å². The van der Waals surface area contributed by atoms with Crippen LogP contribution in [0.1, 0.15) is 23.3 Å². The quantitative estimate of drug-likeness (QED) is 0.855. The van der Waals surface area contributed by atoms with Crippen LogP contribution in [0.25, 0.3) is 0 Å². The Hall–Kier alpha value is -2.19. The van der Waals surface area contributed by atoms with Crippen molar-refractivity contribution in [3.05, 3.63) is 46.2 Å². The van der Waals surface area contributed by atoms with Crippen molar-refractivity contribution in [2.24, 2.45) is 4.40 Å². The highest BCUT2D eigenvalue weighted by atomic mass is 32.2. The highest BCUT2D eigenvalue weighted by Gasteiger charge is 2.24. The molecule has 6 nitrogen and oxygen atoms in total. The summed E-state index contributed by atoms with van der Waals surface area (Å²) in [5, 5.41) is 7.78. The number of aryl methyl sites for hydroxylation is 1. The van der Waals surface area contributed by atoms with E-state index >= 15 is 0 Å². The lowest BCUT2D eigenvalue weighted by Gasteiger charge is -2.18. The van der Waals surface area contributed by atoms with Crippen LogP contribution in [0.5, 0.6) is 0 Å². The number of benzene rings is 1. The van der Waals surface area contributed by atoms with Gasteiger partial charge in [-0.25, -0.2) is 0 Å².